The van der Waals surface area contributed by atoms with E-state index in [2.05, 4.69) is 0 Å². The van der Waals surface area contributed by atoms with E-state index in [1.54, 1.807) is 6.08 Å². The highest BCUT2D eigenvalue weighted by atomic mass is 16.8. The van der Waals surface area contributed by atoms with Gasteiger partial charge in [-0.15, -0.1) is 0 Å². The molecule has 1 aliphatic carbocycles. The first-order valence-electron chi connectivity index (χ1n) is 13.8. The van der Waals surface area contributed by atoms with Gasteiger partial charge in [0, 0.05) is 18.9 Å². The van der Waals surface area contributed by atoms with Crippen LogP contribution in [0.25, 0.3) is 6.08 Å². The molecule has 39 heavy (non-hydrogen) atoms. The fraction of sp³-hybridized carbons (Fsp3) is 0.364. The minimum Gasteiger partial charge on any atom is -0.451 e. The maximum absolute atomic E-state index is 13.1. The van der Waals surface area contributed by atoms with E-state index in [4.69, 9.17) is 23.7 Å². The van der Waals surface area contributed by atoms with Crippen molar-refractivity contribution in [1.82, 2.24) is 0 Å². The first-order chi connectivity index (χ1) is 19.2. The van der Waals surface area contributed by atoms with E-state index in [0.29, 0.717) is 6.61 Å². The molecule has 1 saturated carbocycles. The van der Waals surface area contributed by atoms with Gasteiger partial charge in [-0.25, -0.2) is 4.79 Å². The van der Waals surface area contributed by atoms with E-state index in [-0.39, 0.29) is 0 Å². The summed E-state index contributed by atoms with van der Waals surface area (Å²) in [5.74, 6) is -1.08. The van der Waals surface area contributed by atoms with Crippen LogP contribution < -0.4 is 0 Å². The summed E-state index contributed by atoms with van der Waals surface area (Å²) in [6, 6.07) is 29.3. The van der Waals surface area contributed by atoms with Crippen molar-refractivity contribution in [3.63, 3.8) is 0 Å². The van der Waals surface area contributed by atoms with Crippen LogP contribution in [-0.4, -0.2) is 36.4 Å². The molecule has 0 aromatic heterocycles. The molecular weight excluding hydrogens is 492 g/mol. The molecular formula is C33H34O6. The van der Waals surface area contributed by atoms with Gasteiger partial charge in [0.1, 0.15) is 18.3 Å². The number of ether oxygens (including phenoxy) is 5. The van der Waals surface area contributed by atoms with Crippen LogP contribution in [0.2, 0.25) is 0 Å². The standard InChI is InChI=1S/C33H34O6/c34-27(20-19-24-13-5-1-6-14-24)36-28(26-17-9-3-10-18-26)30-29(35-23-25-15-7-2-8-16-25)31-32(37-30)39-33(38-31)21-11-4-12-22-33/h1-3,5-10,13-20,28-32H,4,11-12,21-23H2/b20-19+/t28-,29+,30-,31-,32-/m1/s1. The number of hydrogen-bond acceptors (Lipinski definition) is 6. The molecule has 0 amide bonds. The van der Waals surface area contributed by atoms with Gasteiger partial charge < -0.3 is 23.7 Å². The van der Waals surface area contributed by atoms with Crippen molar-refractivity contribution < 1.29 is 28.5 Å². The van der Waals surface area contributed by atoms with Crippen LogP contribution in [0.4, 0.5) is 0 Å². The molecule has 0 bridgehead atoms. The Morgan fingerprint density at radius 3 is 2.26 bits per heavy atom. The Balaban J connectivity index is 1.26. The summed E-state index contributed by atoms with van der Waals surface area (Å²) in [6.45, 7) is 0.383. The van der Waals surface area contributed by atoms with Gasteiger partial charge >= 0.3 is 5.97 Å². The summed E-state index contributed by atoms with van der Waals surface area (Å²) in [5, 5.41) is 0. The number of carbonyl (C=O) groups excluding carboxylic acids is 1. The highest BCUT2D eigenvalue weighted by Gasteiger charge is 2.60. The third-order valence-corrected chi connectivity index (χ3v) is 7.67. The van der Waals surface area contributed by atoms with Gasteiger partial charge in [0.2, 0.25) is 0 Å². The van der Waals surface area contributed by atoms with Crippen molar-refractivity contribution >= 4 is 12.0 Å². The Labute approximate surface area is 229 Å². The van der Waals surface area contributed by atoms with Crippen LogP contribution in [-0.2, 0) is 35.1 Å². The molecule has 2 saturated heterocycles. The fourth-order valence-electron chi connectivity index (χ4n) is 5.74. The van der Waals surface area contributed by atoms with Gasteiger partial charge in [-0.2, -0.15) is 0 Å². The topological polar surface area (TPSA) is 63.2 Å². The zero-order valence-electron chi connectivity index (χ0n) is 21.9. The zero-order chi connectivity index (χ0) is 26.5. The minimum absolute atomic E-state index is 0.383. The number of hydrogen-bond donors (Lipinski definition) is 0. The first kappa shape index (κ1) is 26.0. The number of carbonyl (C=O) groups is 1. The average molecular weight is 527 g/mol. The predicted octanol–water partition coefficient (Wildman–Crippen LogP) is 6.37. The quantitative estimate of drug-likeness (QED) is 0.251. The van der Waals surface area contributed by atoms with Gasteiger partial charge in [0.05, 0.1) is 6.61 Å². The maximum Gasteiger partial charge on any atom is 0.331 e. The second kappa shape index (κ2) is 11.8. The molecule has 0 N–H and O–H groups in total. The molecule has 5 atom stereocenters. The number of benzene rings is 3. The van der Waals surface area contributed by atoms with Gasteiger partial charge in [-0.05, 0) is 35.6 Å². The third kappa shape index (κ3) is 5.99. The number of fused-ring (bicyclic) bond motifs is 1. The maximum atomic E-state index is 13.1. The second-order valence-electron chi connectivity index (χ2n) is 10.4. The van der Waals surface area contributed by atoms with Crippen molar-refractivity contribution in [3.05, 3.63) is 114 Å². The van der Waals surface area contributed by atoms with E-state index in [1.165, 1.54) is 12.5 Å². The van der Waals surface area contributed by atoms with E-state index in [1.807, 2.05) is 91.0 Å². The SMILES string of the molecule is O=C(/C=C/c1ccccc1)O[C@H](c1ccccc1)[C@H]1O[C@@H]2OC3(CCCCC3)O[C@@H]2[C@H]1OCc1ccccc1. The lowest BCUT2D eigenvalue weighted by Gasteiger charge is -2.35. The van der Waals surface area contributed by atoms with Crippen molar-refractivity contribution in [2.45, 2.75) is 75.2 Å². The summed E-state index contributed by atoms with van der Waals surface area (Å²) < 4.78 is 32.2. The highest BCUT2D eigenvalue weighted by Crippen LogP contribution is 2.48. The summed E-state index contributed by atoms with van der Waals surface area (Å²) in [7, 11) is 0. The number of rotatable bonds is 8. The lowest BCUT2D eigenvalue weighted by molar-refractivity contribution is -0.258. The summed E-state index contributed by atoms with van der Waals surface area (Å²) >= 11 is 0. The molecule has 6 nitrogen and oxygen atoms in total. The fourth-order valence-corrected chi connectivity index (χ4v) is 5.74. The van der Waals surface area contributed by atoms with E-state index in [9.17, 15) is 4.79 Å². The Morgan fingerprint density at radius 1 is 0.872 bits per heavy atom. The molecule has 6 heteroatoms. The van der Waals surface area contributed by atoms with Gasteiger partial charge in [-0.1, -0.05) is 97.4 Å². The van der Waals surface area contributed by atoms with Crippen LogP contribution in [0.1, 0.15) is 54.9 Å². The normalized spacial score (nSPS) is 26.5. The monoisotopic (exact) mass is 526 g/mol. The van der Waals surface area contributed by atoms with Crippen molar-refractivity contribution in [2.75, 3.05) is 0 Å². The third-order valence-electron chi connectivity index (χ3n) is 7.67. The van der Waals surface area contributed by atoms with Gasteiger partial charge in [0.25, 0.3) is 0 Å². The molecule has 2 aliphatic heterocycles. The van der Waals surface area contributed by atoms with E-state index in [0.717, 1.165) is 42.4 Å². The Kier molecular flexibility index (Phi) is 7.88. The largest absolute Gasteiger partial charge is 0.451 e. The molecule has 0 radical (unpaired) electrons. The van der Waals surface area contributed by atoms with Crippen LogP contribution in [0.15, 0.2) is 97.1 Å². The summed E-state index contributed by atoms with van der Waals surface area (Å²) in [4.78, 5) is 13.1. The van der Waals surface area contributed by atoms with Crippen LogP contribution >= 0.6 is 0 Å². The highest BCUT2D eigenvalue weighted by molar-refractivity contribution is 5.87. The minimum atomic E-state index is -0.708. The smallest absolute Gasteiger partial charge is 0.331 e. The lowest BCUT2D eigenvalue weighted by Crippen LogP contribution is -2.42. The van der Waals surface area contributed by atoms with Crippen LogP contribution in [0.3, 0.4) is 0 Å². The molecule has 3 aromatic carbocycles. The van der Waals surface area contributed by atoms with Gasteiger partial charge in [0.15, 0.2) is 18.2 Å². The van der Waals surface area contributed by atoms with E-state index >= 15 is 0 Å². The predicted molar refractivity (Wildman–Crippen MR) is 146 cm³/mol. The second-order valence-corrected chi connectivity index (χ2v) is 10.4. The molecule has 3 aromatic rings. The molecule has 1 spiro atoms. The molecule has 3 fully saturated rings. The Bertz CT molecular complexity index is 1240. The zero-order valence-corrected chi connectivity index (χ0v) is 21.9. The van der Waals surface area contributed by atoms with Gasteiger partial charge in [-0.3, -0.25) is 0 Å². The molecule has 6 rings (SSSR count). The lowest BCUT2D eigenvalue weighted by atomic mass is 9.94. The Morgan fingerprint density at radius 2 is 1.54 bits per heavy atom. The van der Waals surface area contributed by atoms with Crippen molar-refractivity contribution in [3.8, 4) is 0 Å². The molecule has 0 unspecified atom stereocenters. The molecule has 2 heterocycles. The molecule has 3 aliphatic rings. The summed E-state index contributed by atoms with van der Waals surface area (Å²) in [5.41, 5.74) is 2.79. The number of esters is 1. The Hall–Kier alpha value is -3.29. The molecule has 202 valence electrons. The van der Waals surface area contributed by atoms with Crippen LogP contribution in [0.5, 0.6) is 0 Å². The van der Waals surface area contributed by atoms with Crippen molar-refractivity contribution in [2.24, 2.45) is 0 Å². The van der Waals surface area contributed by atoms with E-state index < -0.39 is 42.5 Å². The summed E-state index contributed by atoms with van der Waals surface area (Å²) in [6.07, 6.45) is 5.40. The van der Waals surface area contributed by atoms with Crippen molar-refractivity contribution in [1.29, 1.82) is 0 Å². The van der Waals surface area contributed by atoms with Crippen LogP contribution in [0, 0.1) is 0 Å². The first-order valence-corrected chi connectivity index (χ1v) is 13.8. The average Bonchev–Trinajstić information content (AvgIpc) is 3.49.